The minimum Gasteiger partial charge on any atom is -0.502 e. The Kier molecular flexibility index (Phi) is 1.61. The highest BCUT2D eigenvalue weighted by molar-refractivity contribution is 5.95. The lowest BCUT2D eigenvalue weighted by Crippen LogP contribution is -2.41. The van der Waals surface area contributed by atoms with E-state index in [2.05, 4.69) is 4.99 Å². The van der Waals surface area contributed by atoms with Gasteiger partial charge >= 0.3 is 0 Å². The molecule has 0 bridgehead atoms. The SMILES string of the molecule is CN1C(N)=C(O)C(N)=NC1O. The summed E-state index contributed by atoms with van der Waals surface area (Å²) in [5, 5.41) is 18.1. The molecular weight excluding hydrogens is 148 g/mol. The van der Waals surface area contributed by atoms with Gasteiger partial charge in [-0.15, -0.1) is 0 Å². The summed E-state index contributed by atoms with van der Waals surface area (Å²) in [6, 6.07) is 0. The van der Waals surface area contributed by atoms with Gasteiger partial charge in [-0.25, -0.2) is 4.99 Å². The van der Waals surface area contributed by atoms with Gasteiger partial charge in [0.05, 0.1) is 0 Å². The number of hydrogen-bond donors (Lipinski definition) is 4. The van der Waals surface area contributed by atoms with Gasteiger partial charge in [-0.2, -0.15) is 0 Å². The predicted molar refractivity (Wildman–Crippen MR) is 39.2 cm³/mol. The maximum atomic E-state index is 9.08. The van der Waals surface area contributed by atoms with Gasteiger partial charge in [0.25, 0.3) is 0 Å². The van der Waals surface area contributed by atoms with Crippen LogP contribution < -0.4 is 11.5 Å². The molecule has 1 heterocycles. The molecule has 0 aromatic heterocycles. The number of nitrogens with two attached hydrogens (primary N) is 2. The normalized spacial score (nSPS) is 25.5. The third-order valence-electron chi connectivity index (χ3n) is 1.47. The molecule has 0 aromatic rings. The third kappa shape index (κ3) is 1.07. The molecule has 6 nitrogen and oxygen atoms in total. The van der Waals surface area contributed by atoms with Crippen molar-refractivity contribution in [2.45, 2.75) is 6.35 Å². The van der Waals surface area contributed by atoms with Gasteiger partial charge in [-0.05, 0) is 0 Å². The first-order chi connectivity index (χ1) is 5.04. The van der Waals surface area contributed by atoms with Crippen LogP contribution in [0, 0.1) is 0 Å². The fourth-order valence-corrected chi connectivity index (χ4v) is 0.695. The van der Waals surface area contributed by atoms with E-state index in [0.717, 1.165) is 0 Å². The van der Waals surface area contributed by atoms with Crippen molar-refractivity contribution in [3.63, 3.8) is 0 Å². The average molecular weight is 158 g/mol. The summed E-state index contributed by atoms with van der Waals surface area (Å²) >= 11 is 0. The number of amidine groups is 1. The molecule has 0 spiro atoms. The highest BCUT2D eigenvalue weighted by Gasteiger charge is 2.22. The Bertz CT molecular complexity index is 235. The Hall–Kier alpha value is -1.43. The van der Waals surface area contributed by atoms with Crippen LogP contribution in [-0.4, -0.2) is 34.3 Å². The molecule has 1 aliphatic rings. The Labute approximate surface area is 63.4 Å². The zero-order valence-electron chi connectivity index (χ0n) is 6.02. The highest BCUT2D eigenvalue weighted by Crippen LogP contribution is 2.10. The van der Waals surface area contributed by atoms with E-state index in [9.17, 15) is 0 Å². The molecule has 62 valence electrons. The summed E-state index contributed by atoms with van der Waals surface area (Å²) in [5.74, 6) is -0.420. The lowest BCUT2D eigenvalue weighted by atomic mass is 10.4. The molecule has 0 saturated carbocycles. The van der Waals surface area contributed by atoms with Crippen molar-refractivity contribution in [3.8, 4) is 0 Å². The molecule has 1 rings (SSSR count). The summed E-state index contributed by atoms with van der Waals surface area (Å²) in [5.41, 5.74) is 10.5. The molecule has 1 unspecified atom stereocenters. The van der Waals surface area contributed by atoms with E-state index in [-0.39, 0.29) is 17.4 Å². The predicted octanol–water partition coefficient (Wildman–Crippen LogP) is -1.75. The summed E-state index contributed by atoms with van der Waals surface area (Å²) < 4.78 is 0. The lowest BCUT2D eigenvalue weighted by molar-refractivity contribution is 0.0462. The Balaban J connectivity index is 3.02. The maximum absolute atomic E-state index is 9.08. The quantitative estimate of drug-likeness (QED) is 0.334. The van der Waals surface area contributed by atoms with Crippen LogP contribution >= 0.6 is 0 Å². The Morgan fingerprint density at radius 2 is 2.09 bits per heavy atom. The number of aliphatic imine (C=N–C) groups is 1. The van der Waals surface area contributed by atoms with Crippen LogP contribution in [0.2, 0.25) is 0 Å². The van der Waals surface area contributed by atoms with Crippen molar-refractivity contribution in [1.82, 2.24) is 4.90 Å². The van der Waals surface area contributed by atoms with E-state index in [1.54, 1.807) is 0 Å². The lowest BCUT2D eigenvalue weighted by Gasteiger charge is -2.26. The molecule has 6 heteroatoms. The van der Waals surface area contributed by atoms with Crippen LogP contribution in [0.5, 0.6) is 0 Å². The standard InChI is InChI=1S/C5H10N4O2/c1-9-4(7)2(10)3(6)8-5(9)11/h5,10-11H,7H2,1H3,(H2,6,8). The number of aliphatic hydroxyl groups is 2. The van der Waals surface area contributed by atoms with Gasteiger partial charge in [0.15, 0.2) is 11.6 Å². The first-order valence-electron chi connectivity index (χ1n) is 2.97. The van der Waals surface area contributed by atoms with Crippen LogP contribution in [0.3, 0.4) is 0 Å². The van der Waals surface area contributed by atoms with Gasteiger partial charge in [-0.1, -0.05) is 0 Å². The molecular formula is C5H10N4O2. The average Bonchev–Trinajstić information content (AvgIpc) is 1.97. The maximum Gasteiger partial charge on any atom is 0.228 e. The molecule has 0 saturated heterocycles. The molecule has 0 radical (unpaired) electrons. The van der Waals surface area contributed by atoms with Crippen molar-refractivity contribution in [3.05, 3.63) is 11.6 Å². The van der Waals surface area contributed by atoms with Crippen molar-refractivity contribution in [2.24, 2.45) is 16.5 Å². The van der Waals surface area contributed by atoms with Gasteiger partial charge in [-0.3, -0.25) is 0 Å². The van der Waals surface area contributed by atoms with Gasteiger partial charge < -0.3 is 26.6 Å². The summed E-state index contributed by atoms with van der Waals surface area (Å²) in [6.45, 7) is 0. The van der Waals surface area contributed by atoms with Crippen molar-refractivity contribution in [1.29, 1.82) is 0 Å². The number of hydrogen-bond acceptors (Lipinski definition) is 6. The van der Waals surface area contributed by atoms with Crippen LogP contribution in [-0.2, 0) is 0 Å². The fourth-order valence-electron chi connectivity index (χ4n) is 0.695. The van der Waals surface area contributed by atoms with E-state index < -0.39 is 6.35 Å². The molecule has 0 aliphatic carbocycles. The van der Waals surface area contributed by atoms with Crippen molar-refractivity contribution in [2.75, 3.05) is 7.05 Å². The second-order valence-electron chi connectivity index (χ2n) is 2.21. The second-order valence-corrected chi connectivity index (χ2v) is 2.21. The summed E-state index contributed by atoms with van der Waals surface area (Å²) in [7, 11) is 1.49. The molecule has 0 aromatic carbocycles. The molecule has 1 atom stereocenters. The van der Waals surface area contributed by atoms with Crippen molar-refractivity contribution >= 4 is 5.84 Å². The third-order valence-corrected chi connectivity index (χ3v) is 1.47. The van der Waals surface area contributed by atoms with Gasteiger partial charge in [0, 0.05) is 7.05 Å². The summed E-state index contributed by atoms with van der Waals surface area (Å²) in [6.07, 6.45) is -1.11. The molecule has 6 N–H and O–H groups in total. The largest absolute Gasteiger partial charge is 0.502 e. The molecule has 0 fully saturated rings. The smallest absolute Gasteiger partial charge is 0.228 e. The number of aliphatic hydroxyl groups excluding tert-OH is 2. The van der Waals surface area contributed by atoms with E-state index in [0.29, 0.717) is 0 Å². The first kappa shape index (κ1) is 7.67. The zero-order chi connectivity index (χ0) is 8.59. The molecule has 0 amide bonds. The number of nitrogens with zero attached hydrogens (tertiary/aromatic N) is 2. The molecule has 11 heavy (non-hydrogen) atoms. The second kappa shape index (κ2) is 2.31. The first-order valence-corrected chi connectivity index (χ1v) is 2.97. The van der Waals surface area contributed by atoms with E-state index in [1.165, 1.54) is 11.9 Å². The van der Waals surface area contributed by atoms with Crippen LogP contribution in [0.4, 0.5) is 0 Å². The van der Waals surface area contributed by atoms with E-state index in [1.807, 2.05) is 0 Å². The van der Waals surface area contributed by atoms with E-state index in [4.69, 9.17) is 21.7 Å². The van der Waals surface area contributed by atoms with Crippen LogP contribution in [0.25, 0.3) is 0 Å². The summed E-state index contributed by atoms with van der Waals surface area (Å²) in [4.78, 5) is 4.68. The Morgan fingerprint density at radius 3 is 2.64 bits per heavy atom. The van der Waals surface area contributed by atoms with Gasteiger partial charge in [0.2, 0.25) is 6.35 Å². The van der Waals surface area contributed by atoms with E-state index >= 15 is 0 Å². The monoisotopic (exact) mass is 158 g/mol. The van der Waals surface area contributed by atoms with Crippen LogP contribution in [0.15, 0.2) is 16.6 Å². The minimum atomic E-state index is -1.11. The topological polar surface area (TPSA) is 108 Å². The van der Waals surface area contributed by atoms with Crippen LogP contribution in [0.1, 0.15) is 0 Å². The molecule has 1 aliphatic heterocycles. The minimum absolute atomic E-state index is 0.0185. The Morgan fingerprint density at radius 1 is 1.55 bits per heavy atom. The zero-order valence-corrected chi connectivity index (χ0v) is 6.02. The van der Waals surface area contributed by atoms with Crippen molar-refractivity contribution < 1.29 is 10.2 Å². The van der Waals surface area contributed by atoms with Gasteiger partial charge in [0.1, 0.15) is 5.82 Å². The fraction of sp³-hybridized carbons (Fsp3) is 0.400. The highest BCUT2D eigenvalue weighted by atomic mass is 16.3. The number of rotatable bonds is 0.